The summed E-state index contributed by atoms with van der Waals surface area (Å²) in [5.41, 5.74) is 1.89. The average molecular weight is 312 g/mol. The summed E-state index contributed by atoms with van der Waals surface area (Å²) in [7, 11) is 1.70. The van der Waals surface area contributed by atoms with Gasteiger partial charge in [0.1, 0.15) is 0 Å². The van der Waals surface area contributed by atoms with Crippen molar-refractivity contribution >= 4 is 16.8 Å². The highest BCUT2D eigenvalue weighted by molar-refractivity contribution is 6.07. The first kappa shape index (κ1) is 14.8. The maximum atomic E-state index is 12.8. The van der Waals surface area contributed by atoms with Crippen LogP contribution in [0, 0.1) is 11.8 Å². The number of aromatic nitrogens is 1. The SMILES string of the molecule is COCCn1cc(C(=O)NC2CC3CCC2C3)c2ccccc21. The highest BCUT2D eigenvalue weighted by Crippen LogP contribution is 2.44. The molecule has 1 amide bonds. The fourth-order valence-corrected chi connectivity index (χ4v) is 4.47. The van der Waals surface area contributed by atoms with E-state index < -0.39 is 0 Å². The van der Waals surface area contributed by atoms with E-state index in [9.17, 15) is 4.79 Å². The molecule has 2 bridgehead atoms. The highest BCUT2D eigenvalue weighted by atomic mass is 16.5. The van der Waals surface area contributed by atoms with Gasteiger partial charge in [-0.2, -0.15) is 0 Å². The summed E-state index contributed by atoms with van der Waals surface area (Å²) in [6.45, 7) is 1.41. The smallest absolute Gasteiger partial charge is 0.253 e. The van der Waals surface area contributed by atoms with Crippen LogP contribution in [0.3, 0.4) is 0 Å². The summed E-state index contributed by atoms with van der Waals surface area (Å²) in [6.07, 6.45) is 7.09. The third-order valence-electron chi connectivity index (χ3n) is 5.62. The standard InChI is InChI=1S/C19H24N2O2/c1-23-9-8-21-12-16(15-4-2-3-5-18(15)21)19(22)20-17-11-13-6-7-14(17)10-13/h2-5,12-14,17H,6-11H2,1H3,(H,20,22). The number of amides is 1. The Morgan fingerprint density at radius 2 is 2.17 bits per heavy atom. The molecule has 2 aliphatic rings. The molecule has 1 N–H and O–H groups in total. The largest absolute Gasteiger partial charge is 0.383 e. The molecule has 23 heavy (non-hydrogen) atoms. The second kappa shape index (κ2) is 6.00. The van der Waals surface area contributed by atoms with Crippen LogP contribution in [0.25, 0.3) is 10.9 Å². The Morgan fingerprint density at radius 1 is 1.30 bits per heavy atom. The van der Waals surface area contributed by atoms with Crippen molar-refractivity contribution in [2.75, 3.05) is 13.7 Å². The number of hydrogen-bond acceptors (Lipinski definition) is 2. The molecule has 4 nitrogen and oxygen atoms in total. The maximum absolute atomic E-state index is 12.8. The lowest BCUT2D eigenvalue weighted by molar-refractivity contribution is 0.0924. The van der Waals surface area contributed by atoms with Gasteiger partial charge in [-0.3, -0.25) is 4.79 Å². The van der Waals surface area contributed by atoms with Crippen molar-refractivity contribution in [3.05, 3.63) is 36.0 Å². The van der Waals surface area contributed by atoms with E-state index in [1.807, 2.05) is 24.4 Å². The van der Waals surface area contributed by atoms with Crippen molar-refractivity contribution in [1.29, 1.82) is 0 Å². The molecule has 0 saturated heterocycles. The molecular weight excluding hydrogens is 288 g/mol. The van der Waals surface area contributed by atoms with Crippen LogP contribution < -0.4 is 5.32 Å². The number of carbonyl (C=O) groups is 1. The molecule has 1 aromatic carbocycles. The molecule has 0 spiro atoms. The van der Waals surface area contributed by atoms with Crippen LogP contribution in [-0.4, -0.2) is 30.2 Å². The minimum Gasteiger partial charge on any atom is -0.383 e. The van der Waals surface area contributed by atoms with Crippen LogP contribution in [0.2, 0.25) is 0 Å². The molecule has 2 aromatic rings. The molecule has 1 heterocycles. The Hall–Kier alpha value is -1.81. The van der Waals surface area contributed by atoms with Crippen LogP contribution in [0.5, 0.6) is 0 Å². The second-order valence-corrected chi connectivity index (χ2v) is 7.00. The molecule has 2 aliphatic carbocycles. The van der Waals surface area contributed by atoms with Crippen molar-refractivity contribution in [1.82, 2.24) is 9.88 Å². The number of ether oxygens (including phenoxy) is 1. The fraction of sp³-hybridized carbons (Fsp3) is 0.526. The highest BCUT2D eigenvalue weighted by Gasteiger charge is 2.40. The zero-order valence-corrected chi connectivity index (χ0v) is 13.6. The quantitative estimate of drug-likeness (QED) is 0.921. The number of nitrogens with zero attached hydrogens (tertiary/aromatic N) is 1. The van der Waals surface area contributed by atoms with E-state index in [-0.39, 0.29) is 5.91 Å². The summed E-state index contributed by atoms with van der Waals surface area (Å²) >= 11 is 0. The third kappa shape index (κ3) is 2.65. The van der Waals surface area contributed by atoms with Gasteiger partial charge in [-0.05, 0) is 37.2 Å². The van der Waals surface area contributed by atoms with Gasteiger partial charge in [-0.1, -0.05) is 24.6 Å². The lowest BCUT2D eigenvalue weighted by Gasteiger charge is -2.22. The van der Waals surface area contributed by atoms with Crippen LogP contribution in [0.4, 0.5) is 0 Å². The van der Waals surface area contributed by atoms with Gasteiger partial charge in [0.15, 0.2) is 0 Å². The summed E-state index contributed by atoms with van der Waals surface area (Å²) in [4.78, 5) is 12.8. The lowest BCUT2D eigenvalue weighted by atomic mass is 9.95. The minimum atomic E-state index is 0.0786. The third-order valence-corrected chi connectivity index (χ3v) is 5.62. The van der Waals surface area contributed by atoms with Gasteiger partial charge in [0.25, 0.3) is 5.91 Å². The molecule has 3 unspecified atom stereocenters. The van der Waals surface area contributed by atoms with Crippen molar-refractivity contribution in [2.24, 2.45) is 11.8 Å². The van der Waals surface area contributed by atoms with Gasteiger partial charge in [0, 0.05) is 36.8 Å². The number of hydrogen-bond donors (Lipinski definition) is 1. The second-order valence-electron chi connectivity index (χ2n) is 7.00. The molecule has 4 heteroatoms. The van der Waals surface area contributed by atoms with Crippen LogP contribution in [0.15, 0.2) is 30.5 Å². The van der Waals surface area contributed by atoms with E-state index in [0.29, 0.717) is 18.6 Å². The molecule has 0 radical (unpaired) electrons. The van der Waals surface area contributed by atoms with E-state index in [1.54, 1.807) is 7.11 Å². The van der Waals surface area contributed by atoms with Gasteiger partial charge >= 0.3 is 0 Å². The molecule has 1 aromatic heterocycles. The Morgan fingerprint density at radius 3 is 2.91 bits per heavy atom. The first-order valence-electron chi connectivity index (χ1n) is 8.64. The zero-order valence-electron chi connectivity index (χ0n) is 13.6. The number of benzene rings is 1. The summed E-state index contributed by atoms with van der Waals surface area (Å²) in [5.74, 6) is 1.62. The van der Waals surface area contributed by atoms with Crippen molar-refractivity contribution in [3.8, 4) is 0 Å². The fourth-order valence-electron chi connectivity index (χ4n) is 4.47. The molecule has 122 valence electrons. The molecule has 4 rings (SSSR count). The Kier molecular flexibility index (Phi) is 3.85. The van der Waals surface area contributed by atoms with Gasteiger partial charge in [0.2, 0.25) is 0 Å². The molecular formula is C19H24N2O2. The number of nitrogens with one attached hydrogen (secondary N) is 1. The number of para-hydroxylation sites is 1. The average Bonchev–Trinajstić information content (AvgIpc) is 3.26. The Balaban J connectivity index is 1.59. The van der Waals surface area contributed by atoms with E-state index in [1.165, 1.54) is 25.7 Å². The monoisotopic (exact) mass is 312 g/mol. The van der Waals surface area contributed by atoms with Gasteiger partial charge in [-0.25, -0.2) is 0 Å². The first-order valence-corrected chi connectivity index (χ1v) is 8.64. The van der Waals surface area contributed by atoms with E-state index in [0.717, 1.165) is 28.9 Å². The minimum absolute atomic E-state index is 0.0786. The molecule has 2 saturated carbocycles. The zero-order chi connectivity index (χ0) is 15.8. The maximum Gasteiger partial charge on any atom is 0.253 e. The summed E-state index contributed by atoms with van der Waals surface area (Å²) < 4.78 is 7.30. The number of methoxy groups -OCH3 is 1. The summed E-state index contributed by atoms with van der Waals surface area (Å²) in [5, 5.41) is 4.34. The summed E-state index contributed by atoms with van der Waals surface area (Å²) in [6, 6.07) is 8.50. The Labute approximate surface area is 136 Å². The number of rotatable bonds is 5. The predicted molar refractivity (Wildman–Crippen MR) is 90.5 cm³/mol. The number of fused-ring (bicyclic) bond motifs is 3. The van der Waals surface area contributed by atoms with Crippen LogP contribution in [0.1, 0.15) is 36.0 Å². The predicted octanol–water partition coefficient (Wildman–Crippen LogP) is 3.21. The van der Waals surface area contributed by atoms with Crippen molar-refractivity contribution < 1.29 is 9.53 Å². The van der Waals surface area contributed by atoms with E-state index >= 15 is 0 Å². The van der Waals surface area contributed by atoms with Crippen LogP contribution in [-0.2, 0) is 11.3 Å². The van der Waals surface area contributed by atoms with E-state index in [4.69, 9.17) is 4.74 Å². The lowest BCUT2D eigenvalue weighted by Crippen LogP contribution is -2.38. The van der Waals surface area contributed by atoms with Gasteiger partial charge in [-0.15, -0.1) is 0 Å². The topological polar surface area (TPSA) is 43.3 Å². The van der Waals surface area contributed by atoms with Crippen molar-refractivity contribution in [3.63, 3.8) is 0 Å². The molecule has 2 fully saturated rings. The van der Waals surface area contributed by atoms with Crippen molar-refractivity contribution in [2.45, 2.75) is 38.3 Å². The van der Waals surface area contributed by atoms with E-state index in [2.05, 4.69) is 16.0 Å². The van der Waals surface area contributed by atoms with Gasteiger partial charge < -0.3 is 14.6 Å². The van der Waals surface area contributed by atoms with Gasteiger partial charge in [0.05, 0.1) is 12.2 Å². The van der Waals surface area contributed by atoms with Crippen LogP contribution >= 0.6 is 0 Å². The Bertz CT molecular complexity index is 721. The first-order chi connectivity index (χ1) is 11.3. The molecule has 3 atom stereocenters. The molecule has 0 aliphatic heterocycles. The normalized spacial score (nSPS) is 26.0. The number of carbonyl (C=O) groups excluding carboxylic acids is 1.